The molecule has 2 aromatic carbocycles. The summed E-state index contributed by atoms with van der Waals surface area (Å²) >= 11 is 0. The Hall–Kier alpha value is -5.75. The van der Waals surface area contributed by atoms with Crippen LogP contribution in [0.4, 0.5) is 30.2 Å². The van der Waals surface area contributed by atoms with Crippen LogP contribution in [0.25, 0.3) is 21.9 Å². The van der Waals surface area contributed by atoms with Crippen molar-refractivity contribution in [2.24, 2.45) is 13.0 Å². The molecule has 3 amide bonds. The van der Waals surface area contributed by atoms with Crippen LogP contribution in [0.3, 0.4) is 0 Å². The lowest BCUT2D eigenvalue weighted by Gasteiger charge is -2.39. The van der Waals surface area contributed by atoms with Crippen molar-refractivity contribution < 1.29 is 32.3 Å². The molecule has 60 heavy (non-hydrogen) atoms. The zero-order valence-electron chi connectivity index (χ0n) is 33.3. The minimum Gasteiger partial charge on any atom is -0.378 e. The van der Waals surface area contributed by atoms with Gasteiger partial charge in [0.15, 0.2) is 0 Å². The number of aromatic nitrogens is 5. The van der Waals surface area contributed by atoms with Crippen LogP contribution < -0.4 is 26.1 Å². The molecule has 316 valence electrons. The molecule has 6 heterocycles. The topological polar surface area (TPSA) is 152 Å². The summed E-state index contributed by atoms with van der Waals surface area (Å²) in [6.07, 6.45) is 1.87. The standard InChI is InChI=1S/C42H47F3N10O5/c1-50-38-32(5-3-6-33(38)55(41(50)59)34-12-13-37(56)48-40(34)58)52-16-14-51(15-17-52)24-26-8-10-28(11-9-26)54-25-27-22-31(35(23-30(27)49-54)53-18-20-60-21-19-53)47-39(57)29-4-2-7-36(46-29)42(43,44)45/h2-7,22-23,25-26,28,34H,8-21,24H2,1H3,(H,47,57)(H,48,56,58). The first kappa shape index (κ1) is 39.7. The van der Waals surface area contributed by atoms with Crippen molar-refractivity contribution in [3.63, 3.8) is 0 Å². The van der Waals surface area contributed by atoms with E-state index in [9.17, 15) is 32.3 Å². The van der Waals surface area contributed by atoms with Crippen LogP contribution in [-0.2, 0) is 27.5 Å². The normalized spacial score (nSPS) is 22.1. The fourth-order valence-corrected chi connectivity index (χ4v) is 9.37. The number of pyridine rings is 1. The van der Waals surface area contributed by atoms with Crippen molar-refractivity contribution in [2.75, 3.05) is 74.1 Å². The van der Waals surface area contributed by atoms with E-state index >= 15 is 0 Å². The van der Waals surface area contributed by atoms with Crippen molar-refractivity contribution in [3.8, 4) is 0 Å². The number of nitrogens with zero attached hydrogens (tertiary/aromatic N) is 8. The van der Waals surface area contributed by atoms with Gasteiger partial charge < -0.3 is 19.9 Å². The number of carbonyl (C=O) groups is 3. The molecule has 9 rings (SSSR count). The van der Waals surface area contributed by atoms with Crippen molar-refractivity contribution in [1.82, 2.24) is 34.1 Å². The third kappa shape index (κ3) is 7.73. The van der Waals surface area contributed by atoms with Crippen molar-refractivity contribution in [2.45, 2.75) is 56.8 Å². The van der Waals surface area contributed by atoms with Crippen molar-refractivity contribution >= 4 is 56.7 Å². The van der Waals surface area contributed by atoms with Gasteiger partial charge in [0, 0.05) is 70.9 Å². The average Bonchev–Trinajstić information content (AvgIpc) is 3.78. The number of nitrogens with one attached hydrogen (secondary N) is 2. The summed E-state index contributed by atoms with van der Waals surface area (Å²) in [7, 11) is 1.74. The first-order valence-electron chi connectivity index (χ1n) is 20.6. The number of imide groups is 1. The summed E-state index contributed by atoms with van der Waals surface area (Å²) in [6.45, 7) is 6.58. The van der Waals surface area contributed by atoms with E-state index in [1.165, 1.54) is 16.7 Å². The smallest absolute Gasteiger partial charge is 0.378 e. The van der Waals surface area contributed by atoms with E-state index in [0.717, 1.165) is 92.3 Å². The number of amides is 3. The van der Waals surface area contributed by atoms with E-state index in [4.69, 9.17) is 9.84 Å². The summed E-state index contributed by atoms with van der Waals surface area (Å²) in [6, 6.07) is 12.4. The first-order valence-corrected chi connectivity index (χ1v) is 20.6. The van der Waals surface area contributed by atoms with Crippen molar-refractivity contribution in [1.29, 1.82) is 0 Å². The fourth-order valence-electron chi connectivity index (χ4n) is 9.37. The number of piperazine rings is 1. The molecule has 5 aromatic rings. The summed E-state index contributed by atoms with van der Waals surface area (Å²) in [5.41, 5.74) is 2.70. The molecule has 2 N–H and O–H groups in total. The van der Waals surface area contributed by atoms with E-state index in [1.54, 1.807) is 11.6 Å². The Morgan fingerprint density at radius 3 is 2.37 bits per heavy atom. The van der Waals surface area contributed by atoms with E-state index in [2.05, 4.69) is 30.3 Å². The second-order valence-corrected chi connectivity index (χ2v) is 16.3. The van der Waals surface area contributed by atoms with Crippen LogP contribution in [0.5, 0.6) is 0 Å². The van der Waals surface area contributed by atoms with E-state index in [1.807, 2.05) is 41.2 Å². The molecule has 3 saturated heterocycles. The second-order valence-electron chi connectivity index (χ2n) is 16.3. The first-order chi connectivity index (χ1) is 28.9. The van der Waals surface area contributed by atoms with Gasteiger partial charge in [-0.3, -0.25) is 38.4 Å². The fraction of sp³-hybridized carbons (Fsp3) is 0.476. The van der Waals surface area contributed by atoms with Gasteiger partial charge in [0.2, 0.25) is 11.8 Å². The Morgan fingerprint density at radius 1 is 0.900 bits per heavy atom. The minimum absolute atomic E-state index is 0.195. The SMILES string of the molecule is Cn1c(=O)n(C2CCC(=O)NC2=O)c2cccc(N3CCN(CC4CCC(n5cc6cc(NC(=O)c7cccc(C(F)(F)F)n7)c(N7CCOCC7)cc6n5)CC4)CC3)c21. The van der Waals surface area contributed by atoms with Gasteiger partial charge in [-0.2, -0.15) is 18.3 Å². The molecule has 15 nitrogen and oxygen atoms in total. The molecule has 1 unspecified atom stereocenters. The van der Waals surface area contributed by atoms with Gasteiger partial charge in [0.25, 0.3) is 5.91 Å². The molecule has 1 aliphatic carbocycles. The molecule has 18 heteroatoms. The number of alkyl halides is 3. The highest BCUT2D eigenvalue weighted by molar-refractivity contribution is 6.06. The molecular formula is C42H47F3N10O5. The highest BCUT2D eigenvalue weighted by Crippen LogP contribution is 2.37. The number of anilines is 3. The molecule has 3 aromatic heterocycles. The van der Waals surface area contributed by atoms with E-state index in [-0.39, 0.29) is 29.8 Å². The predicted octanol–water partition coefficient (Wildman–Crippen LogP) is 4.72. The molecule has 0 spiro atoms. The molecule has 1 atom stereocenters. The highest BCUT2D eigenvalue weighted by Gasteiger charge is 2.35. The molecule has 0 bridgehead atoms. The Kier molecular flexibility index (Phi) is 10.6. The van der Waals surface area contributed by atoms with Gasteiger partial charge in [-0.1, -0.05) is 12.1 Å². The summed E-state index contributed by atoms with van der Waals surface area (Å²) in [4.78, 5) is 61.8. The Balaban J connectivity index is 0.840. The van der Waals surface area contributed by atoms with E-state index < -0.39 is 29.7 Å². The van der Waals surface area contributed by atoms with Gasteiger partial charge in [-0.15, -0.1) is 0 Å². The number of hydrogen-bond acceptors (Lipinski definition) is 10. The third-order valence-corrected chi connectivity index (χ3v) is 12.5. The van der Waals surface area contributed by atoms with Crippen LogP contribution in [0, 0.1) is 5.92 Å². The van der Waals surface area contributed by atoms with Gasteiger partial charge in [0.05, 0.1) is 52.9 Å². The van der Waals surface area contributed by atoms with Gasteiger partial charge in [0.1, 0.15) is 17.4 Å². The number of hydrogen-bond donors (Lipinski definition) is 2. The zero-order chi connectivity index (χ0) is 41.7. The van der Waals surface area contributed by atoms with Crippen molar-refractivity contribution in [3.05, 3.63) is 76.6 Å². The van der Waals surface area contributed by atoms with Crippen LogP contribution in [0.1, 0.15) is 66.8 Å². The summed E-state index contributed by atoms with van der Waals surface area (Å²) < 4.78 is 50.8. The number of piperidine rings is 1. The Bertz CT molecular complexity index is 2510. The number of fused-ring (bicyclic) bond motifs is 2. The molecule has 3 aliphatic heterocycles. The Labute approximate surface area is 343 Å². The summed E-state index contributed by atoms with van der Waals surface area (Å²) in [5, 5.41) is 11.0. The highest BCUT2D eigenvalue weighted by atomic mass is 19.4. The molecular weight excluding hydrogens is 782 g/mol. The Morgan fingerprint density at radius 2 is 1.63 bits per heavy atom. The van der Waals surface area contributed by atoms with Crippen LogP contribution in [0.15, 0.2) is 59.5 Å². The molecule has 4 fully saturated rings. The average molecular weight is 829 g/mol. The number of benzene rings is 2. The number of carbonyl (C=O) groups excluding carboxylic acids is 3. The largest absolute Gasteiger partial charge is 0.433 e. The number of halogens is 3. The lowest BCUT2D eigenvalue weighted by molar-refractivity contribution is -0.141. The number of aryl methyl sites for hydroxylation is 1. The number of ether oxygens (including phenoxy) is 1. The van der Waals surface area contributed by atoms with Gasteiger partial charge in [-0.05, 0) is 74.4 Å². The molecule has 0 radical (unpaired) electrons. The maximum atomic E-state index is 13.5. The maximum Gasteiger partial charge on any atom is 0.433 e. The predicted molar refractivity (Wildman–Crippen MR) is 218 cm³/mol. The van der Waals surface area contributed by atoms with Gasteiger partial charge in [-0.25, -0.2) is 9.78 Å². The number of imidazole rings is 1. The number of morpholine rings is 1. The zero-order valence-corrected chi connectivity index (χ0v) is 33.3. The third-order valence-electron chi connectivity index (χ3n) is 12.5. The minimum atomic E-state index is -4.67. The monoisotopic (exact) mass is 828 g/mol. The number of rotatable bonds is 8. The maximum absolute atomic E-state index is 13.5. The lowest BCUT2D eigenvalue weighted by atomic mass is 9.85. The van der Waals surface area contributed by atoms with E-state index in [0.29, 0.717) is 49.8 Å². The van der Waals surface area contributed by atoms with Crippen LogP contribution in [-0.4, -0.2) is 106 Å². The lowest BCUT2D eigenvalue weighted by Crippen LogP contribution is -2.48. The quantitative estimate of drug-likeness (QED) is 0.210. The number of para-hydroxylation sites is 1. The van der Waals surface area contributed by atoms with Gasteiger partial charge >= 0.3 is 11.9 Å². The van der Waals surface area contributed by atoms with Crippen LogP contribution in [0.2, 0.25) is 0 Å². The van der Waals surface area contributed by atoms with Crippen LogP contribution >= 0.6 is 0 Å². The molecule has 4 aliphatic rings. The molecule has 1 saturated carbocycles. The summed E-state index contributed by atoms with van der Waals surface area (Å²) in [5.74, 6) is -0.943. The second kappa shape index (κ2) is 16.0.